The zero-order valence-corrected chi connectivity index (χ0v) is 9.84. The van der Waals surface area contributed by atoms with Crippen LogP contribution in [-0.4, -0.2) is 36.1 Å². The Morgan fingerprint density at radius 1 is 1.36 bits per heavy atom. The number of likely N-dealkylation sites (tertiary alicyclic amines) is 1. The number of rotatable bonds is 3. The standard InChI is InChI=1S/C12H24N2/c1-4-14-8-10(2)11(9-14)13-12(3)6-5-7-12/h10-11,13H,4-9H2,1-3H3. The average Bonchev–Trinajstić information content (AvgIpc) is 2.45. The monoisotopic (exact) mass is 196 g/mol. The summed E-state index contributed by atoms with van der Waals surface area (Å²) >= 11 is 0. The van der Waals surface area contributed by atoms with Crippen molar-refractivity contribution < 1.29 is 0 Å². The fourth-order valence-corrected chi connectivity index (χ4v) is 2.81. The second kappa shape index (κ2) is 3.82. The van der Waals surface area contributed by atoms with E-state index >= 15 is 0 Å². The summed E-state index contributed by atoms with van der Waals surface area (Å²) in [4.78, 5) is 2.56. The summed E-state index contributed by atoms with van der Waals surface area (Å²) in [6, 6.07) is 0.736. The number of likely N-dealkylation sites (N-methyl/N-ethyl adjacent to an activating group) is 1. The first-order valence-corrected chi connectivity index (χ1v) is 6.13. The van der Waals surface area contributed by atoms with Crippen LogP contribution in [0, 0.1) is 5.92 Å². The van der Waals surface area contributed by atoms with Gasteiger partial charge in [-0.15, -0.1) is 0 Å². The summed E-state index contributed by atoms with van der Waals surface area (Å²) in [6.45, 7) is 10.8. The molecule has 1 N–H and O–H groups in total. The largest absolute Gasteiger partial charge is 0.307 e. The molecule has 2 unspecified atom stereocenters. The van der Waals surface area contributed by atoms with Crippen molar-refractivity contribution in [3.05, 3.63) is 0 Å². The maximum atomic E-state index is 3.86. The van der Waals surface area contributed by atoms with Crippen LogP contribution in [0.2, 0.25) is 0 Å². The van der Waals surface area contributed by atoms with Crippen molar-refractivity contribution in [2.45, 2.75) is 51.6 Å². The molecule has 2 nitrogen and oxygen atoms in total. The van der Waals surface area contributed by atoms with E-state index in [4.69, 9.17) is 0 Å². The van der Waals surface area contributed by atoms with E-state index in [-0.39, 0.29) is 0 Å². The van der Waals surface area contributed by atoms with Gasteiger partial charge < -0.3 is 10.2 Å². The predicted octanol–water partition coefficient (Wildman–Crippen LogP) is 1.86. The van der Waals surface area contributed by atoms with Crippen molar-refractivity contribution in [2.24, 2.45) is 5.92 Å². The van der Waals surface area contributed by atoms with Gasteiger partial charge in [-0.2, -0.15) is 0 Å². The van der Waals surface area contributed by atoms with E-state index in [1.165, 1.54) is 38.9 Å². The molecule has 0 bridgehead atoms. The number of nitrogens with zero attached hydrogens (tertiary/aromatic N) is 1. The third-order valence-electron chi connectivity index (χ3n) is 4.13. The molecule has 0 aromatic rings. The highest BCUT2D eigenvalue weighted by atomic mass is 15.2. The topological polar surface area (TPSA) is 15.3 Å². The van der Waals surface area contributed by atoms with E-state index in [1.807, 2.05) is 0 Å². The second-order valence-corrected chi connectivity index (χ2v) is 5.49. The quantitative estimate of drug-likeness (QED) is 0.741. The average molecular weight is 196 g/mol. The van der Waals surface area contributed by atoms with Crippen molar-refractivity contribution >= 4 is 0 Å². The highest BCUT2D eigenvalue weighted by Gasteiger charge is 2.37. The summed E-state index contributed by atoms with van der Waals surface area (Å²) in [5.74, 6) is 0.826. The Balaban J connectivity index is 1.86. The smallest absolute Gasteiger partial charge is 0.0237 e. The third kappa shape index (κ3) is 1.96. The second-order valence-electron chi connectivity index (χ2n) is 5.49. The fraction of sp³-hybridized carbons (Fsp3) is 1.00. The van der Waals surface area contributed by atoms with Crippen LogP contribution in [0.3, 0.4) is 0 Å². The lowest BCUT2D eigenvalue weighted by Crippen LogP contribution is -2.54. The molecule has 1 saturated carbocycles. The molecular weight excluding hydrogens is 172 g/mol. The van der Waals surface area contributed by atoms with Crippen LogP contribution >= 0.6 is 0 Å². The molecule has 2 aliphatic rings. The van der Waals surface area contributed by atoms with Crippen LogP contribution in [0.15, 0.2) is 0 Å². The first-order chi connectivity index (χ1) is 6.63. The summed E-state index contributed by atoms with van der Waals surface area (Å²) in [5.41, 5.74) is 0.475. The molecule has 2 fully saturated rings. The predicted molar refractivity (Wildman–Crippen MR) is 60.5 cm³/mol. The van der Waals surface area contributed by atoms with Crippen molar-refractivity contribution in [3.8, 4) is 0 Å². The minimum Gasteiger partial charge on any atom is -0.307 e. The zero-order chi connectivity index (χ0) is 10.2. The molecule has 0 spiro atoms. The van der Waals surface area contributed by atoms with Gasteiger partial charge in [0.2, 0.25) is 0 Å². The molecule has 1 heterocycles. The number of hydrogen-bond acceptors (Lipinski definition) is 2. The SMILES string of the molecule is CCN1CC(C)C(NC2(C)CCC2)C1. The lowest BCUT2D eigenvalue weighted by Gasteiger charge is -2.42. The van der Waals surface area contributed by atoms with Gasteiger partial charge >= 0.3 is 0 Å². The first-order valence-electron chi connectivity index (χ1n) is 6.13. The van der Waals surface area contributed by atoms with Crippen molar-refractivity contribution in [1.82, 2.24) is 10.2 Å². The molecule has 2 rings (SSSR count). The van der Waals surface area contributed by atoms with Crippen LogP contribution in [0.5, 0.6) is 0 Å². The van der Waals surface area contributed by atoms with E-state index in [0.717, 1.165) is 12.0 Å². The van der Waals surface area contributed by atoms with Gasteiger partial charge in [0, 0.05) is 24.7 Å². The molecular formula is C12H24N2. The molecule has 2 atom stereocenters. The summed E-state index contributed by atoms with van der Waals surface area (Å²) in [6.07, 6.45) is 4.17. The third-order valence-corrected chi connectivity index (χ3v) is 4.13. The zero-order valence-electron chi connectivity index (χ0n) is 9.84. The highest BCUT2D eigenvalue weighted by Crippen LogP contribution is 2.33. The highest BCUT2D eigenvalue weighted by molar-refractivity contribution is 4.97. The van der Waals surface area contributed by atoms with Crippen LogP contribution in [0.4, 0.5) is 0 Å². The summed E-state index contributed by atoms with van der Waals surface area (Å²) in [5, 5.41) is 3.86. The molecule has 0 aromatic carbocycles. The minimum atomic E-state index is 0.475. The van der Waals surface area contributed by atoms with Gasteiger partial charge in [-0.1, -0.05) is 13.8 Å². The van der Waals surface area contributed by atoms with Gasteiger partial charge in [-0.25, -0.2) is 0 Å². The van der Waals surface area contributed by atoms with Crippen LogP contribution < -0.4 is 5.32 Å². The minimum absolute atomic E-state index is 0.475. The molecule has 0 aromatic heterocycles. The van der Waals surface area contributed by atoms with Gasteiger partial charge in [0.1, 0.15) is 0 Å². The lowest BCUT2D eigenvalue weighted by molar-refractivity contribution is 0.175. The van der Waals surface area contributed by atoms with E-state index in [9.17, 15) is 0 Å². The Labute approximate surface area is 88.1 Å². The molecule has 2 heteroatoms. The Morgan fingerprint density at radius 2 is 2.07 bits per heavy atom. The molecule has 0 amide bonds. The first kappa shape index (κ1) is 10.4. The van der Waals surface area contributed by atoms with E-state index < -0.39 is 0 Å². The van der Waals surface area contributed by atoms with Gasteiger partial charge in [0.05, 0.1) is 0 Å². The molecule has 0 radical (unpaired) electrons. The molecule has 14 heavy (non-hydrogen) atoms. The summed E-state index contributed by atoms with van der Waals surface area (Å²) < 4.78 is 0. The molecule has 82 valence electrons. The maximum absolute atomic E-state index is 3.86. The van der Waals surface area contributed by atoms with Crippen LogP contribution in [-0.2, 0) is 0 Å². The van der Waals surface area contributed by atoms with Gasteiger partial charge in [0.25, 0.3) is 0 Å². The van der Waals surface area contributed by atoms with Crippen molar-refractivity contribution in [3.63, 3.8) is 0 Å². The van der Waals surface area contributed by atoms with Gasteiger partial charge in [-0.3, -0.25) is 0 Å². The van der Waals surface area contributed by atoms with Gasteiger partial charge in [-0.05, 0) is 38.6 Å². The van der Waals surface area contributed by atoms with E-state index in [2.05, 4.69) is 31.0 Å². The Morgan fingerprint density at radius 3 is 2.50 bits per heavy atom. The van der Waals surface area contributed by atoms with Crippen molar-refractivity contribution in [1.29, 1.82) is 0 Å². The number of nitrogens with one attached hydrogen (secondary N) is 1. The van der Waals surface area contributed by atoms with Crippen LogP contribution in [0.1, 0.15) is 40.0 Å². The van der Waals surface area contributed by atoms with Crippen molar-refractivity contribution in [2.75, 3.05) is 19.6 Å². The number of hydrogen-bond donors (Lipinski definition) is 1. The normalized spacial score (nSPS) is 37.1. The Hall–Kier alpha value is -0.0800. The fourth-order valence-electron chi connectivity index (χ4n) is 2.81. The van der Waals surface area contributed by atoms with E-state index in [0.29, 0.717) is 5.54 Å². The maximum Gasteiger partial charge on any atom is 0.0237 e. The Kier molecular flexibility index (Phi) is 2.85. The van der Waals surface area contributed by atoms with Crippen LogP contribution in [0.25, 0.3) is 0 Å². The lowest BCUT2D eigenvalue weighted by atomic mass is 9.77. The Bertz CT molecular complexity index is 198. The van der Waals surface area contributed by atoms with E-state index in [1.54, 1.807) is 0 Å². The molecule has 1 saturated heterocycles. The molecule has 1 aliphatic heterocycles. The summed E-state index contributed by atoms with van der Waals surface area (Å²) in [7, 11) is 0. The molecule has 1 aliphatic carbocycles. The van der Waals surface area contributed by atoms with Gasteiger partial charge in [0.15, 0.2) is 0 Å².